The largest absolute Gasteiger partial charge is 0.479 e. The Bertz CT molecular complexity index is 587. The fourth-order valence-corrected chi connectivity index (χ4v) is 2.73. The van der Waals surface area contributed by atoms with Crippen molar-refractivity contribution in [2.45, 2.75) is 38.4 Å². The molecule has 120 valence electrons. The summed E-state index contributed by atoms with van der Waals surface area (Å²) in [5.41, 5.74) is -0.781. The van der Waals surface area contributed by atoms with Gasteiger partial charge in [0.1, 0.15) is 5.82 Å². The molecule has 0 spiro atoms. The van der Waals surface area contributed by atoms with Gasteiger partial charge in [-0.3, -0.25) is 4.79 Å². The second-order valence-electron chi connectivity index (χ2n) is 6.09. The van der Waals surface area contributed by atoms with Crippen LogP contribution in [0, 0.1) is 5.82 Å². The molecule has 0 bridgehead atoms. The van der Waals surface area contributed by atoms with E-state index in [1.54, 1.807) is 39.0 Å². The standard InChI is InChI=1S/C16H20FNO4/c1-10-8-18(9-13(22-10)14(19)20)15(21)16(2,3)11-6-4-5-7-12(11)17/h4-7,10,13H,8-9H2,1-3H3,(H,19,20)/t10-,13?/m1/s1. The van der Waals surface area contributed by atoms with E-state index in [1.807, 2.05) is 0 Å². The summed E-state index contributed by atoms with van der Waals surface area (Å²) in [5.74, 6) is -1.86. The molecule has 1 unspecified atom stereocenters. The molecule has 0 radical (unpaired) electrons. The fraction of sp³-hybridized carbons (Fsp3) is 0.500. The lowest BCUT2D eigenvalue weighted by molar-refractivity contribution is -0.168. The molecule has 22 heavy (non-hydrogen) atoms. The van der Waals surface area contributed by atoms with Crippen molar-refractivity contribution in [1.29, 1.82) is 0 Å². The summed E-state index contributed by atoms with van der Waals surface area (Å²) in [4.78, 5) is 25.4. The van der Waals surface area contributed by atoms with E-state index in [4.69, 9.17) is 9.84 Å². The highest BCUT2D eigenvalue weighted by Gasteiger charge is 2.40. The van der Waals surface area contributed by atoms with E-state index in [0.717, 1.165) is 0 Å². The number of carboxylic acid groups (broad SMARTS) is 1. The Kier molecular flexibility index (Phi) is 4.51. The zero-order chi connectivity index (χ0) is 16.5. The average Bonchev–Trinajstić information content (AvgIpc) is 2.46. The molecule has 2 rings (SSSR count). The van der Waals surface area contributed by atoms with E-state index in [1.165, 1.54) is 11.0 Å². The number of hydrogen-bond acceptors (Lipinski definition) is 3. The minimum Gasteiger partial charge on any atom is -0.479 e. The first kappa shape index (κ1) is 16.4. The Hall–Kier alpha value is -1.95. The molecular formula is C16H20FNO4. The van der Waals surface area contributed by atoms with Crippen LogP contribution in [-0.4, -0.2) is 47.2 Å². The number of ether oxygens (including phenoxy) is 1. The first-order chi connectivity index (χ1) is 10.2. The summed E-state index contributed by atoms with van der Waals surface area (Å²) in [6, 6.07) is 6.13. The first-order valence-corrected chi connectivity index (χ1v) is 7.16. The Morgan fingerprint density at radius 1 is 1.32 bits per heavy atom. The average molecular weight is 309 g/mol. The lowest BCUT2D eigenvalue weighted by Crippen LogP contribution is -2.55. The highest BCUT2D eigenvalue weighted by Crippen LogP contribution is 2.29. The van der Waals surface area contributed by atoms with Crippen molar-refractivity contribution in [3.05, 3.63) is 35.6 Å². The van der Waals surface area contributed by atoms with Gasteiger partial charge in [-0.25, -0.2) is 9.18 Å². The van der Waals surface area contributed by atoms with Gasteiger partial charge in [0.25, 0.3) is 0 Å². The quantitative estimate of drug-likeness (QED) is 0.924. The van der Waals surface area contributed by atoms with E-state index in [2.05, 4.69) is 0 Å². The lowest BCUT2D eigenvalue weighted by atomic mass is 9.82. The van der Waals surface area contributed by atoms with E-state index < -0.39 is 23.3 Å². The number of rotatable bonds is 3. The van der Waals surface area contributed by atoms with Gasteiger partial charge in [-0.15, -0.1) is 0 Å². The smallest absolute Gasteiger partial charge is 0.334 e. The van der Waals surface area contributed by atoms with Crippen LogP contribution >= 0.6 is 0 Å². The minimum atomic E-state index is -1.10. The molecule has 1 N–H and O–H groups in total. The fourth-order valence-electron chi connectivity index (χ4n) is 2.73. The van der Waals surface area contributed by atoms with Crippen molar-refractivity contribution in [1.82, 2.24) is 4.90 Å². The van der Waals surface area contributed by atoms with Crippen LogP contribution in [0.3, 0.4) is 0 Å². The SMILES string of the molecule is C[C@@H]1CN(C(=O)C(C)(C)c2ccccc2F)CC(C(=O)O)O1. The molecule has 6 heteroatoms. The lowest BCUT2D eigenvalue weighted by Gasteiger charge is -2.39. The number of amides is 1. The molecule has 2 atom stereocenters. The summed E-state index contributed by atoms with van der Waals surface area (Å²) in [5, 5.41) is 9.10. The molecule has 0 aromatic heterocycles. The van der Waals surface area contributed by atoms with Gasteiger partial charge in [0.05, 0.1) is 18.1 Å². The molecule has 1 amide bonds. The van der Waals surface area contributed by atoms with E-state index >= 15 is 0 Å². The number of carbonyl (C=O) groups is 2. The monoisotopic (exact) mass is 309 g/mol. The number of nitrogens with zero attached hydrogens (tertiary/aromatic N) is 1. The second-order valence-corrected chi connectivity index (χ2v) is 6.09. The molecule has 1 fully saturated rings. The molecular weight excluding hydrogens is 289 g/mol. The summed E-state index contributed by atoms with van der Waals surface area (Å²) < 4.78 is 19.3. The van der Waals surface area contributed by atoms with E-state index in [-0.39, 0.29) is 18.6 Å². The predicted molar refractivity (Wildman–Crippen MR) is 78.0 cm³/mol. The van der Waals surface area contributed by atoms with Crippen LogP contribution in [0.4, 0.5) is 4.39 Å². The topological polar surface area (TPSA) is 66.8 Å². The summed E-state index contributed by atoms with van der Waals surface area (Å²) in [6.07, 6.45) is -1.43. The molecule has 0 aliphatic carbocycles. The van der Waals surface area contributed by atoms with Gasteiger partial charge in [0, 0.05) is 12.1 Å². The first-order valence-electron chi connectivity index (χ1n) is 7.16. The van der Waals surface area contributed by atoms with Crippen LogP contribution in [0.1, 0.15) is 26.3 Å². The van der Waals surface area contributed by atoms with Crippen molar-refractivity contribution in [2.75, 3.05) is 13.1 Å². The zero-order valence-electron chi connectivity index (χ0n) is 12.9. The maximum absolute atomic E-state index is 14.0. The molecule has 1 aromatic carbocycles. The Balaban J connectivity index is 2.26. The van der Waals surface area contributed by atoms with Crippen molar-refractivity contribution >= 4 is 11.9 Å². The Labute approximate surface area is 128 Å². The van der Waals surface area contributed by atoms with Crippen molar-refractivity contribution in [2.24, 2.45) is 0 Å². The Morgan fingerprint density at radius 2 is 1.95 bits per heavy atom. The summed E-state index contributed by atoms with van der Waals surface area (Å²) in [7, 11) is 0. The van der Waals surface area contributed by atoms with Crippen LogP contribution < -0.4 is 0 Å². The van der Waals surface area contributed by atoms with Crippen molar-refractivity contribution < 1.29 is 23.8 Å². The third kappa shape index (κ3) is 3.11. The van der Waals surface area contributed by atoms with Crippen LogP contribution in [0.2, 0.25) is 0 Å². The van der Waals surface area contributed by atoms with Gasteiger partial charge in [-0.2, -0.15) is 0 Å². The number of aliphatic carboxylic acids is 1. The normalized spacial score (nSPS) is 22.5. The summed E-state index contributed by atoms with van der Waals surface area (Å²) >= 11 is 0. The van der Waals surface area contributed by atoms with Gasteiger partial charge in [0.15, 0.2) is 6.10 Å². The van der Waals surface area contributed by atoms with Gasteiger partial charge in [-0.1, -0.05) is 18.2 Å². The number of carbonyl (C=O) groups excluding carboxylic acids is 1. The van der Waals surface area contributed by atoms with E-state index in [9.17, 15) is 14.0 Å². The number of halogens is 1. The molecule has 1 aromatic rings. The third-order valence-corrected chi connectivity index (χ3v) is 3.90. The third-order valence-electron chi connectivity index (χ3n) is 3.90. The molecule has 0 saturated carbocycles. The number of carboxylic acids is 1. The molecule has 1 aliphatic rings. The molecule has 1 heterocycles. The Morgan fingerprint density at radius 3 is 2.55 bits per heavy atom. The number of hydrogen-bond donors (Lipinski definition) is 1. The van der Waals surface area contributed by atoms with Crippen molar-refractivity contribution in [3.63, 3.8) is 0 Å². The van der Waals surface area contributed by atoms with Gasteiger partial charge < -0.3 is 14.7 Å². The second kappa shape index (κ2) is 6.04. The number of morpholine rings is 1. The van der Waals surface area contributed by atoms with Crippen LogP contribution in [-0.2, 0) is 19.7 Å². The summed E-state index contributed by atoms with van der Waals surface area (Å²) in [6.45, 7) is 5.26. The predicted octanol–water partition coefficient (Wildman–Crippen LogP) is 1.80. The van der Waals surface area contributed by atoms with Gasteiger partial charge in [0.2, 0.25) is 5.91 Å². The van der Waals surface area contributed by atoms with E-state index in [0.29, 0.717) is 12.1 Å². The molecule has 1 saturated heterocycles. The number of benzene rings is 1. The van der Waals surface area contributed by atoms with Gasteiger partial charge in [-0.05, 0) is 26.8 Å². The molecule has 1 aliphatic heterocycles. The van der Waals surface area contributed by atoms with Gasteiger partial charge >= 0.3 is 5.97 Å². The highest BCUT2D eigenvalue weighted by atomic mass is 19.1. The minimum absolute atomic E-state index is 0.0314. The molecule has 5 nitrogen and oxygen atoms in total. The highest BCUT2D eigenvalue weighted by molar-refractivity contribution is 5.88. The van der Waals surface area contributed by atoms with Crippen molar-refractivity contribution in [3.8, 4) is 0 Å². The van der Waals surface area contributed by atoms with Crippen LogP contribution in [0.25, 0.3) is 0 Å². The maximum atomic E-state index is 14.0. The maximum Gasteiger partial charge on any atom is 0.334 e. The zero-order valence-corrected chi connectivity index (χ0v) is 12.9. The van der Waals surface area contributed by atoms with Crippen LogP contribution in [0.15, 0.2) is 24.3 Å². The van der Waals surface area contributed by atoms with Crippen LogP contribution in [0.5, 0.6) is 0 Å².